The zero-order valence-electron chi connectivity index (χ0n) is 10.5. The highest BCUT2D eigenvalue weighted by Crippen LogP contribution is 2.33. The van der Waals surface area contributed by atoms with E-state index in [1.165, 1.54) is 0 Å². The van der Waals surface area contributed by atoms with Crippen LogP contribution in [0.5, 0.6) is 0 Å². The lowest BCUT2D eigenvalue weighted by atomic mass is 10.0. The topological polar surface area (TPSA) is 56.4 Å². The van der Waals surface area contributed by atoms with Crippen molar-refractivity contribution < 1.29 is 5.11 Å². The van der Waals surface area contributed by atoms with Gasteiger partial charge in [-0.25, -0.2) is 0 Å². The Labute approximate surface area is 112 Å². The third-order valence-electron chi connectivity index (χ3n) is 3.43. The average Bonchev–Trinajstić information content (AvgIpc) is 2.65. The molecule has 1 fully saturated rings. The van der Waals surface area contributed by atoms with Gasteiger partial charge >= 0.3 is 0 Å². The molecular formula is C14H15ClN2O. The molecule has 0 heterocycles. The number of nitriles is 1. The van der Waals surface area contributed by atoms with Crippen molar-refractivity contribution in [1.29, 1.82) is 5.26 Å². The minimum Gasteiger partial charge on any atom is -0.384 e. The normalized spacial score (nSPS) is 25.4. The average molecular weight is 263 g/mol. The lowest BCUT2D eigenvalue weighted by molar-refractivity contribution is 0.134. The molecule has 4 heteroatoms. The summed E-state index contributed by atoms with van der Waals surface area (Å²) < 4.78 is 0. The molecule has 1 saturated carbocycles. The first-order valence-corrected chi connectivity index (χ1v) is 6.33. The van der Waals surface area contributed by atoms with E-state index in [9.17, 15) is 5.11 Å². The number of nitrogens with zero attached hydrogens (tertiary/aromatic N) is 2. The Balaban J connectivity index is 2.45. The van der Waals surface area contributed by atoms with Gasteiger partial charge in [0.15, 0.2) is 0 Å². The Morgan fingerprint density at radius 3 is 2.78 bits per heavy atom. The second-order valence-electron chi connectivity index (χ2n) is 4.87. The van der Waals surface area contributed by atoms with Gasteiger partial charge < -0.3 is 5.11 Å². The Morgan fingerprint density at radius 1 is 1.50 bits per heavy atom. The lowest BCUT2D eigenvalue weighted by Gasteiger charge is -2.17. The van der Waals surface area contributed by atoms with Crippen molar-refractivity contribution >= 4 is 23.0 Å². The van der Waals surface area contributed by atoms with Gasteiger partial charge in [-0.3, -0.25) is 4.99 Å². The molecule has 1 aromatic rings. The summed E-state index contributed by atoms with van der Waals surface area (Å²) in [5.74, 6) is 0. The van der Waals surface area contributed by atoms with Gasteiger partial charge in [-0.2, -0.15) is 5.26 Å². The second kappa shape index (κ2) is 4.72. The van der Waals surface area contributed by atoms with Crippen LogP contribution in [0.3, 0.4) is 0 Å². The van der Waals surface area contributed by atoms with Crippen LogP contribution in [0.2, 0.25) is 5.02 Å². The zero-order chi connectivity index (χ0) is 13.3. The van der Waals surface area contributed by atoms with Crippen molar-refractivity contribution in [3.8, 4) is 6.07 Å². The van der Waals surface area contributed by atoms with Gasteiger partial charge in [0, 0.05) is 5.71 Å². The second-order valence-corrected chi connectivity index (χ2v) is 5.25. The highest BCUT2D eigenvalue weighted by Gasteiger charge is 2.32. The third-order valence-corrected chi connectivity index (χ3v) is 3.92. The Bertz CT molecular complexity index is 556. The first-order chi connectivity index (χ1) is 8.45. The van der Waals surface area contributed by atoms with Gasteiger partial charge in [-0.1, -0.05) is 11.6 Å². The fourth-order valence-electron chi connectivity index (χ4n) is 2.22. The molecular weight excluding hydrogens is 248 g/mol. The number of hydrogen-bond acceptors (Lipinski definition) is 3. The SMILES string of the molecule is Cc1c(N=C2CCC[C@@]2(C)O)ccc(C#N)c1Cl. The summed E-state index contributed by atoms with van der Waals surface area (Å²) in [6, 6.07) is 5.49. The van der Waals surface area contributed by atoms with Gasteiger partial charge in [0.25, 0.3) is 0 Å². The molecule has 3 nitrogen and oxygen atoms in total. The van der Waals surface area contributed by atoms with Crippen molar-refractivity contribution in [3.05, 3.63) is 28.3 Å². The van der Waals surface area contributed by atoms with Crippen LogP contribution in [-0.2, 0) is 0 Å². The summed E-state index contributed by atoms with van der Waals surface area (Å²) in [6.45, 7) is 3.63. The van der Waals surface area contributed by atoms with E-state index in [1.807, 2.05) is 13.0 Å². The van der Waals surface area contributed by atoms with E-state index >= 15 is 0 Å². The third kappa shape index (κ3) is 2.27. The number of hydrogen-bond donors (Lipinski definition) is 1. The number of halogens is 1. The highest BCUT2D eigenvalue weighted by atomic mass is 35.5. The number of benzene rings is 1. The van der Waals surface area contributed by atoms with Crippen LogP contribution in [0, 0.1) is 18.3 Å². The zero-order valence-corrected chi connectivity index (χ0v) is 11.3. The monoisotopic (exact) mass is 262 g/mol. The Kier molecular flexibility index (Phi) is 3.43. The number of aliphatic hydroxyl groups is 1. The lowest BCUT2D eigenvalue weighted by Crippen LogP contribution is -2.28. The summed E-state index contributed by atoms with van der Waals surface area (Å²) in [5, 5.41) is 19.5. The maximum atomic E-state index is 10.2. The molecule has 1 aromatic carbocycles. The van der Waals surface area contributed by atoms with E-state index in [2.05, 4.69) is 4.99 Å². The van der Waals surface area contributed by atoms with Gasteiger partial charge in [0.05, 0.1) is 21.9 Å². The maximum absolute atomic E-state index is 10.2. The molecule has 18 heavy (non-hydrogen) atoms. The van der Waals surface area contributed by atoms with Crippen LogP contribution in [-0.4, -0.2) is 16.4 Å². The van der Waals surface area contributed by atoms with E-state index in [0.29, 0.717) is 10.6 Å². The Hall–Kier alpha value is -1.37. The summed E-state index contributed by atoms with van der Waals surface area (Å²) in [5.41, 5.74) is 1.96. The maximum Gasteiger partial charge on any atom is 0.101 e. The van der Waals surface area contributed by atoms with E-state index in [0.717, 1.165) is 36.2 Å². The van der Waals surface area contributed by atoms with E-state index < -0.39 is 5.60 Å². The van der Waals surface area contributed by atoms with Crippen LogP contribution < -0.4 is 0 Å². The number of rotatable bonds is 1. The van der Waals surface area contributed by atoms with Gasteiger partial charge in [0.2, 0.25) is 0 Å². The van der Waals surface area contributed by atoms with Crippen LogP contribution in [0.15, 0.2) is 17.1 Å². The molecule has 0 spiro atoms. The molecule has 1 atom stereocenters. The standard InChI is InChI=1S/C14H15ClN2O/c1-9-11(6-5-10(8-16)13(9)15)17-12-4-3-7-14(12,2)18/h5-6,18H,3-4,7H2,1-2H3/t14-/m1/s1. The minimum atomic E-state index is -0.813. The molecule has 1 aliphatic rings. The van der Waals surface area contributed by atoms with Gasteiger partial charge in [0.1, 0.15) is 6.07 Å². The van der Waals surface area contributed by atoms with Crippen LogP contribution in [0.1, 0.15) is 37.3 Å². The van der Waals surface area contributed by atoms with Gasteiger partial charge in [-0.15, -0.1) is 0 Å². The smallest absolute Gasteiger partial charge is 0.101 e. The quantitative estimate of drug-likeness (QED) is 0.842. The summed E-state index contributed by atoms with van der Waals surface area (Å²) in [7, 11) is 0. The van der Waals surface area contributed by atoms with Crippen LogP contribution in [0.4, 0.5) is 5.69 Å². The minimum absolute atomic E-state index is 0.442. The predicted molar refractivity (Wildman–Crippen MR) is 72.5 cm³/mol. The largest absolute Gasteiger partial charge is 0.384 e. The molecule has 1 N–H and O–H groups in total. The van der Waals surface area contributed by atoms with Crippen molar-refractivity contribution in [3.63, 3.8) is 0 Å². The summed E-state index contributed by atoms with van der Waals surface area (Å²) >= 11 is 6.10. The van der Waals surface area contributed by atoms with E-state index in [4.69, 9.17) is 16.9 Å². The highest BCUT2D eigenvalue weighted by molar-refractivity contribution is 6.32. The molecule has 1 aliphatic carbocycles. The van der Waals surface area contributed by atoms with Crippen molar-refractivity contribution in [2.75, 3.05) is 0 Å². The molecule has 94 valence electrons. The fourth-order valence-corrected chi connectivity index (χ4v) is 2.42. The molecule has 0 bridgehead atoms. The molecule has 2 rings (SSSR count). The van der Waals surface area contributed by atoms with Crippen molar-refractivity contribution in [2.45, 2.75) is 38.7 Å². The first kappa shape index (κ1) is 13.1. The molecule has 0 radical (unpaired) electrons. The fraction of sp³-hybridized carbons (Fsp3) is 0.429. The molecule has 0 aliphatic heterocycles. The molecule has 0 amide bonds. The predicted octanol–water partition coefficient (Wildman–Crippen LogP) is 3.53. The number of aliphatic imine (C=N–C) groups is 1. The van der Waals surface area contributed by atoms with Crippen molar-refractivity contribution in [2.24, 2.45) is 4.99 Å². The summed E-state index contributed by atoms with van der Waals surface area (Å²) in [6.07, 6.45) is 2.51. The van der Waals surface area contributed by atoms with Crippen molar-refractivity contribution in [1.82, 2.24) is 0 Å². The van der Waals surface area contributed by atoms with E-state index in [-0.39, 0.29) is 0 Å². The molecule has 0 aromatic heterocycles. The van der Waals surface area contributed by atoms with E-state index in [1.54, 1.807) is 19.1 Å². The summed E-state index contributed by atoms with van der Waals surface area (Å²) in [4.78, 5) is 4.52. The van der Waals surface area contributed by atoms with Crippen LogP contribution >= 0.6 is 11.6 Å². The van der Waals surface area contributed by atoms with Gasteiger partial charge in [-0.05, 0) is 50.8 Å². The molecule has 0 saturated heterocycles. The molecule has 0 unspecified atom stereocenters. The van der Waals surface area contributed by atoms with Crippen LogP contribution in [0.25, 0.3) is 0 Å². The Morgan fingerprint density at radius 2 is 2.22 bits per heavy atom. The first-order valence-electron chi connectivity index (χ1n) is 5.95.